The van der Waals surface area contributed by atoms with Crippen LogP contribution in [0.5, 0.6) is 0 Å². The molecule has 1 amide bonds. The molecule has 0 fully saturated rings. The van der Waals surface area contributed by atoms with Gasteiger partial charge in [-0.25, -0.2) is 5.01 Å². The molecule has 1 aromatic carbocycles. The van der Waals surface area contributed by atoms with Crippen LogP contribution in [0.3, 0.4) is 0 Å². The van der Waals surface area contributed by atoms with Crippen molar-refractivity contribution in [3.05, 3.63) is 65.1 Å². The molecular formula is C22H24N4O2S. The highest BCUT2D eigenvalue weighted by atomic mass is 32.2. The fourth-order valence-electron chi connectivity index (χ4n) is 3.31. The quantitative estimate of drug-likeness (QED) is 0.715. The lowest BCUT2D eigenvalue weighted by molar-refractivity contribution is -0.116. The highest BCUT2D eigenvalue weighted by Gasteiger charge is 2.32. The summed E-state index contributed by atoms with van der Waals surface area (Å²) in [6.07, 6.45) is 9.73. The molecule has 0 radical (unpaired) electrons. The maximum absolute atomic E-state index is 12.9. The lowest BCUT2D eigenvalue weighted by Gasteiger charge is -2.32. The minimum atomic E-state index is -0.410. The number of fused-ring (bicyclic) bond motifs is 2. The summed E-state index contributed by atoms with van der Waals surface area (Å²) in [5, 5.41) is 11.6. The van der Waals surface area contributed by atoms with Crippen LogP contribution >= 0.6 is 11.8 Å². The Labute approximate surface area is 174 Å². The maximum atomic E-state index is 12.9. The van der Waals surface area contributed by atoms with Gasteiger partial charge in [0.2, 0.25) is 0 Å². The molecular weight excluding hydrogens is 384 g/mol. The second kappa shape index (κ2) is 9.13. The van der Waals surface area contributed by atoms with Crippen molar-refractivity contribution in [2.45, 2.75) is 38.8 Å². The first-order chi connectivity index (χ1) is 14.3. The van der Waals surface area contributed by atoms with Gasteiger partial charge in [0.15, 0.2) is 11.3 Å². The molecule has 6 nitrogen and oxygen atoms in total. The van der Waals surface area contributed by atoms with Crippen molar-refractivity contribution in [2.24, 2.45) is 10.1 Å². The molecule has 0 saturated carbocycles. The second-order valence-electron chi connectivity index (χ2n) is 6.90. The normalized spacial score (nSPS) is 18.2. The van der Waals surface area contributed by atoms with Gasteiger partial charge in [0.05, 0.1) is 11.6 Å². The van der Waals surface area contributed by atoms with Gasteiger partial charge in [-0.2, -0.15) is 0 Å². The number of carbonyl (C=O) groups is 1. The summed E-state index contributed by atoms with van der Waals surface area (Å²) in [7, 11) is 0. The van der Waals surface area contributed by atoms with Crippen LogP contribution in [0, 0.1) is 0 Å². The Bertz CT molecular complexity index is 1040. The van der Waals surface area contributed by atoms with Gasteiger partial charge in [-0.15, -0.1) is 5.10 Å². The molecule has 4 rings (SSSR count). The zero-order valence-electron chi connectivity index (χ0n) is 16.4. The van der Waals surface area contributed by atoms with Gasteiger partial charge in [-0.1, -0.05) is 56.1 Å². The SMILES string of the molecule is CCCCCCSC1=NN2C(=c3ccccc3=NC2/C=C/c2ccco2)C(=O)N1. The Morgan fingerprint density at radius 3 is 2.93 bits per heavy atom. The molecule has 1 aromatic heterocycles. The molecule has 0 spiro atoms. The number of hydrogen-bond acceptors (Lipinski definition) is 6. The Morgan fingerprint density at radius 1 is 1.21 bits per heavy atom. The maximum Gasteiger partial charge on any atom is 0.276 e. The number of para-hydroxylation sites is 1. The number of unbranched alkanes of at least 4 members (excludes halogenated alkanes) is 3. The molecule has 1 unspecified atom stereocenters. The smallest absolute Gasteiger partial charge is 0.276 e. The Balaban J connectivity index is 1.63. The number of rotatable bonds is 7. The number of furan rings is 1. The molecule has 2 aliphatic rings. The predicted molar refractivity (Wildman–Crippen MR) is 116 cm³/mol. The summed E-state index contributed by atoms with van der Waals surface area (Å²) >= 11 is 1.59. The van der Waals surface area contributed by atoms with Crippen molar-refractivity contribution in [1.82, 2.24) is 10.3 Å². The highest BCUT2D eigenvalue weighted by Crippen LogP contribution is 2.22. The lowest BCUT2D eigenvalue weighted by Crippen LogP contribution is -2.52. The van der Waals surface area contributed by atoms with Crippen LogP contribution in [0.15, 0.2) is 63.2 Å². The van der Waals surface area contributed by atoms with Crippen LogP contribution < -0.4 is 15.9 Å². The van der Waals surface area contributed by atoms with Gasteiger partial charge in [-0.3, -0.25) is 15.1 Å². The molecule has 0 aliphatic carbocycles. The van der Waals surface area contributed by atoms with E-state index >= 15 is 0 Å². The summed E-state index contributed by atoms with van der Waals surface area (Å²) in [6.45, 7) is 2.20. The van der Waals surface area contributed by atoms with Gasteiger partial charge < -0.3 is 4.42 Å². The van der Waals surface area contributed by atoms with Gasteiger partial charge in [0, 0.05) is 11.0 Å². The summed E-state index contributed by atoms with van der Waals surface area (Å²) < 4.78 is 5.38. The van der Waals surface area contributed by atoms with Crippen LogP contribution in [-0.4, -0.2) is 28.0 Å². The standard InChI is InChI=1S/C22H24N4O2S/c1-2-3-4-7-15-29-22-24-21(27)20-17-10-5-6-11-18(17)23-19(26(20)25-22)13-12-16-9-8-14-28-16/h5-6,8-14,19H,2-4,7,15H2,1H3,(H,24,25,27)/b13-12+. The molecule has 2 aromatic rings. The van der Waals surface area contributed by atoms with Gasteiger partial charge >= 0.3 is 0 Å². The number of thioether (sulfide) groups is 1. The van der Waals surface area contributed by atoms with E-state index in [9.17, 15) is 4.79 Å². The van der Waals surface area contributed by atoms with Gasteiger partial charge in [0.25, 0.3) is 5.91 Å². The third-order valence-electron chi connectivity index (χ3n) is 4.76. The molecule has 2 aliphatic heterocycles. The topological polar surface area (TPSA) is 70.2 Å². The van der Waals surface area contributed by atoms with Crippen LogP contribution in [0.4, 0.5) is 0 Å². The third-order valence-corrected chi connectivity index (χ3v) is 5.71. The first-order valence-electron chi connectivity index (χ1n) is 9.97. The monoisotopic (exact) mass is 408 g/mol. The molecule has 1 atom stereocenters. The highest BCUT2D eigenvalue weighted by molar-refractivity contribution is 8.13. The van der Waals surface area contributed by atoms with Crippen LogP contribution in [0.2, 0.25) is 0 Å². The zero-order valence-corrected chi connectivity index (χ0v) is 17.2. The zero-order chi connectivity index (χ0) is 20.1. The van der Waals surface area contributed by atoms with Crippen LogP contribution in [-0.2, 0) is 4.79 Å². The van der Waals surface area contributed by atoms with E-state index in [2.05, 4.69) is 12.2 Å². The Hall–Kier alpha value is -2.80. The second-order valence-corrected chi connectivity index (χ2v) is 7.98. The first kappa shape index (κ1) is 19.5. The van der Waals surface area contributed by atoms with Crippen molar-refractivity contribution in [1.29, 1.82) is 0 Å². The minimum Gasteiger partial charge on any atom is -0.465 e. The van der Waals surface area contributed by atoms with Crippen molar-refractivity contribution < 1.29 is 9.21 Å². The summed E-state index contributed by atoms with van der Waals surface area (Å²) in [6, 6.07) is 11.4. The molecule has 7 heteroatoms. The summed E-state index contributed by atoms with van der Waals surface area (Å²) in [5.74, 6) is 1.52. The molecule has 3 heterocycles. The fourth-order valence-corrected chi connectivity index (χ4v) is 4.16. The van der Waals surface area contributed by atoms with E-state index in [0.29, 0.717) is 10.9 Å². The number of hydrogen-bond donors (Lipinski definition) is 1. The van der Waals surface area contributed by atoms with E-state index in [-0.39, 0.29) is 5.91 Å². The van der Waals surface area contributed by atoms with E-state index in [0.717, 1.165) is 28.5 Å². The number of amidine groups is 1. The minimum absolute atomic E-state index is 0.144. The predicted octanol–water partition coefficient (Wildman–Crippen LogP) is 3.08. The number of nitrogens with one attached hydrogen (secondary N) is 1. The average molecular weight is 409 g/mol. The van der Waals surface area contributed by atoms with Crippen molar-refractivity contribution in [3.8, 4) is 0 Å². The van der Waals surface area contributed by atoms with E-state index in [1.165, 1.54) is 19.3 Å². The molecule has 150 valence electrons. The average Bonchev–Trinajstić information content (AvgIpc) is 3.25. The van der Waals surface area contributed by atoms with Gasteiger partial charge in [-0.05, 0) is 36.8 Å². The molecule has 1 N–H and O–H groups in total. The van der Waals surface area contributed by atoms with Crippen molar-refractivity contribution >= 4 is 34.6 Å². The van der Waals surface area contributed by atoms with Crippen molar-refractivity contribution in [2.75, 3.05) is 5.75 Å². The Kier molecular flexibility index (Phi) is 6.14. The van der Waals surface area contributed by atoms with Crippen LogP contribution in [0.1, 0.15) is 38.4 Å². The van der Waals surface area contributed by atoms with Gasteiger partial charge in [0.1, 0.15) is 11.5 Å². The largest absolute Gasteiger partial charge is 0.465 e. The van der Waals surface area contributed by atoms with E-state index in [4.69, 9.17) is 14.5 Å². The van der Waals surface area contributed by atoms with Crippen LogP contribution in [0.25, 0.3) is 11.8 Å². The number of hydrazone groups is 1. The Morgan fingerprint density at radius 2 is 2.10 bits per heavy atom. The van der Waals surface area contributed by atoms with E-state index in [1.54, 1.807) is 23.0 Å². The number of carbonyl (C=O) groups excluding carboxylic acids is 1. The lowest BCUT2D eigenvalue weighted by atomic mass is 10.1. The van der Waals surface area contributed by atoms with Crippen molar-refractivity contribution in [3.63, 3.8) is 0 Å². The summed E-state index contributed by atoms with van der Waals surface area (Å²) in [5.41, 5.74) is 0.528. The number of benzene rings is 1. The van der Waals surface area contributed by atoms with E-state index in [1.807, 2.05) is 48.6 Å². The molecule has 29 heavy (non-hydrogen) atoms. The van der Waals surface area contributed by atoms with E-state index < -0.39 is 6.17 Å². The fraction of sp³-hybridized carbons (Fsp3) is 0.318. The third kappa shape index (κ3) is 4.45. The number of amides is 1. The number of nitrogens with zero attached hydrogens (tertiary/aromatic N) is 3. The summed E-state index contributed by atoms with van der Waals surface area (Å²) in [4.78, 5) is 17.7. The molecule has 0 bridgehead atoms. The first-order valence-corrected chi connectivity index (χ1v) is 11.0. The molecule has 0 saturated heterocycles.